The van der Waals surface area contributed by atoms with Crippen LogP contribution in [0.5, 0.6) is 5.75 Å². The van der Waals surface area contributed by atoms with E-state index in [0.717, 1.165) is 11.1 Å². The molecule has 0 radical (unpaired) electrons. The van der Waals surface area contributed by atoms with E-state index in [-0.39, 0.29) is 23.3 Å². The summed E-state index contributed by atoms with van der Waals surface area (Å²) in [5.74, 6) is 0.173. The lowest BCUT2D eigenvalue weighted by molar-refractivity contribution is -0.132. The standard InChI is InChI=1S/C25H24N4O3S/c1-14(30)20-22-17-10-6-7-11-18(17)32-25(20,2)27-24-29(22)23(31)19(33-24)12-16-13-26-28-21(16)15-8-4-3-5-9-15/h3-12,16,20-22,26,28H,13H2,1-2H3/b19-12+. The van der Waals surface area contributed by atoms with E-state index in [2.05, 4.69) is 23.0 Å². The number of hydrazine groups is 1. The number of carbonyl (C=O) groups is 1. The van der Waals surface area contributed by atoms with Crippen molar-refractivity contribution in [1.29, 1.82) is 0 Å². The van der Waals surface area contributed by atoms with Gasteiger partial charge in [0.15, 0.2) is 4.80 Å². The number of ether oxygens (including phenoxy) is 1. The van der Waals surface area contributed by atoms with Crippen LogP contribution in [-0.2, 0) is 4.79 Å². The predicted octanol–water partition coefficient (Wildman–Crippen LogP) is 1.69. The Morgan fingerprint density at radius 1 is 1.21 bits per heavy atom. The zero-order valence-electron chi connectivity index (χ0n) is 18.3. The summed E-state index contributed by atoms with van der Waals surface area (Å²) in [5.41, 5.74) is 7.43. The average molecular weight is 461 g/mol. The first-order valence-electron chi connectivity index (χ1n) is 11.1. The Morgan fingerprint density at radius 2 is 1.97 bits per heavy atom. The van der Waals surface area contributed by atoms with Crippen LogP contribution in [0, 0.1) is 11.8 Å². The molecule has 8 heteroatoms. The van der Waals surface area contributed by atoms with Crippen molar-refractivity contribution in [2.75, 3.05) is 6.54 Å². The average Bonchev–Trinajstić information content (AvgIpc) is 3.37. The predicted molar refractivity (Wildman–Crippen MR) is 125 cm³/mol. The molecule has 3 aliphatic rings. The number of carbonyl (C=O) groups excluding carboxylic acids is 1. The maximum Gasteiger partial charge on any atom is 0.270 e. The van der Waals surface area contributed by atoms with Crippen molar-refractivity contribution in [3.63, 3.8) is 0 Å². The van der Waals surface area contributed by atoms with Gasteiger partial charge in [0.25, 0.3) is 5.56 Å². The molecule has 3 aromatic rings. The highest BCUT2D eigenvalue weighted by atomic mass is 32.1. The topological polar surface area (TPSA) is 84.7 Å². The zero-order valence-corrected chi connectivity index (χ0v) is 19.1. The Morgan fingerprint density at radius 3 is 2.76 bits per heavy atom. The van der Waals surface area contributed by atoms with E-state index in [4.69, 9.17) is 9.73 Å². The molecular formula is C25H24N4O3S. The molecule has 168 valence electrons. The smallest absolute Gasteiger partial charge is 0.270 e. The number of benzene rings is 2. The lowest BCUT2D eigenvalue weighted by atomic mass is 9.79. The van der Waals surface area contributed by atoms with E-state index in [1.165, 1.54) is 11.3 Å². The molecule has 0 spiro atoms. The van der Waals surface area contributed by atoms with Gasteiger partial charge in [-0.05, 0) is 25.5 Å². The SMILES string of the molecule is CC(=O)C1C2c3ccccc3OC1(C)N=c1s/c(=C/C3CNNC3c3ccccc3)c(=O)n12. The summed E-state index contributed by atoms with van der Waals surface area (Å²) >= 11 is 1.37. The maximum atomic E-state index is 13.7. The van der Waals surface area contributed by atoms with Gasteiger partial charge in [-0.25, -0.2) is 10.4 Å². The number of ketones is 1. The Kier molecular flexibility index (Phi) is 4.65. The van der Waals surface area contributed by atoms with Crippen LogP contribution < -0.4 is 30.5 Å². The van der Waals surface area contributed by atoms with Crippen LogP contribution >= 0.6 is 11.3 Å². The molecule has 0 saturated carbocycles. The molecule has 3 aliphatic heterocycles. The van der Waals surface area contributed by atoms with Gasteiger partial charge in [0, 0.05) is 18.0 Å². The molecule has 0 amide bonds. The maximum absolute atomic E-state index is 13.7. The molecule has 0 aliphatic carbocycles. The largest absolute Gasteiger partial charge is 0.465 e. The Bertz CT molecular complexity index is 1430. The number of thiazole rings is 1. The minimum atomic E-state index is -1.04. The van der Waals surface area contributed by atoms with Gasteiger partial charge in [-0.2, -0.15) is 0 Å². The second-order valence-corrected chi connectivity index (χ2v) is 10.0. The van der Waals surface area contributed by atoms with E-state index < -0.39 is 17.7 Å². The minimum absolute atomic E-state index is 0.0385. The van der Waals surface area contributed by atoms with Crippen LogP contribution in [-0.4, -0.2) is 22.6 Å². The van der Waals surface area contributed by atoms with Gasteiger partial charge in [-0.3, -0.25) is 19.6 Å². The molecule has 1 fully saturated rings. The fourth-order valence-electron chi connectivity index (χ4n) is 5.42. The van der Waals surface area contributed by atoms with Crippen molar-refractivity contribution in [2.45, 2.75) is 31.7 Å². The molecule has 2 bridgehead atoms. The summed E-state index contributed by atoms with van der Waals surface area (Å²) in [6.07, 6.45) is 2.04. The van der Waals surface area contributed by atoms with Crippen LogP contribution in [0.1, 0.15) is 37.1 Å². The first-order chi connectivity index (χ1) is 16.0. The first kappa shape index (κ1) is 20.5. The third kappa shape index (κ3) is 3.13. The molecule has 5 atom stereocenters. The number of nitrogens with zero attached hydrogens (tertiary/aromatic N) is 2. The van der Waals surface area contributed by atoms with E-state index in [0.29, 0.717) is 21.6 Å². The van der Waals surface area contributed by atoms with Crippen molar-refractivity contribution >= 4 is 23.2 Å². The highest BCUT2D eigenvalue weighted by Gasteiger charge is 2.53. The molecule has 7 nitrogen and oxygen atoms in total. The zero-order chi connectivity index (χ0) is 22.7. The third-order valence-electron chi connectivity index (χ3n) is 6.87. The van der Waals surface area contributed by atoms with Gasteiger partial charge in [-0.1, -0.05) is 65.9 Å². The van der Waals surface area contributed by atoms with E-state index in [1.54, 1.807) is 11.5 Å². The van der Waals surface area contributed by atoms with Crippen molar-refractivity contribution in [3.8, 4) is 5.75 Å². The second-order valence-electron chi connectivity index (χ2n) is 9.01. The number of para-hydroxylation sites is 1. The van der Waals surface area contributed by atoms with Crippen LogP contribution in [0.25, 0.3) is 6.08 Å². The summed E-state index contributed by atoms with van der Waals surface area (Å²) in [6, 6.07) is 17.5. The van der Waals surface area contributed by atoms with E-state index in [1.807, 2.05) is 55.5 Å². The summed E-state index contributed by atoms with van der Waals surface area (Å²) < 4.78 is 8.60. The van der Waals surface area contributed by atoms with E-state index >= 15 is 0 Å². The molecule has 2 N–H and O–H groups in total. The molecule has 1 aromatic heterocycles. The number of aromatic nitrogens is 1. The summed E-state index contributed by atoms with van der Waals surface area (Å²) in [4.78, 5) is 31.9. The number of hydrogen-bond acceptors (Lipinski definition) is 7. The number of Topliss-reactive ketones (excluding diaryl/α,β-unsaturated/α-hetero) is 1. The Labute approximate surface area is 194 Å². The van der Waals surface area contributed by atoms with Crippen LogP contribution in [0.2, 0.25) is 0 Å². The summed E-state index contributed by atoms with van der Waals surface area (Å²) in [7, 11) is 0. The fourth-order valence-corrected chi connectivity index (χ4v) is 6.57. The number of fused-ring (bicyclic) bond motifs is 6. The summed E-state index contributed by atoms with van der Waals surface area (Å²) in [5, 5.41) is 0. The van der Waals surface area contributed by atoms with Crippen LogP contribution in [0.3, 0.4) is 0 Å². The highest BCUT2D eigenvalue weighted by Crippen LogP contribution is 2.47. The fraction of sp³-hybridized carbons (Fsp3) is 0.320. The lowest BCUT2D eigenvalue weighted by Crippen LogP contribution is -2.58. The summed E-state index contributed by atoms with van der Waals surface area (Å²) in [6.45, 7) is 4.11. The second kappa shape index (κ2) is 7.48. The Balaban J connectivity index is 1.52. The van der Waals surface area contributed by atoms with Crippen LogP contribution in [0.15, 0.2) is 64.4 Å². The number of nitrogens with one attached hydrogen (secondary N) is 2. The molecule has 2 aromatic carbocycles. The minimum Gasteiger partial charge on any atom is -0.465 e. The van der Waals surface area contributed by atoms with Gasteiger partial charge in [0.1, 0.15) is 17.5 Å². The number of hydrogen-bond donors (Lipinski definition) is 2. The molecule has 5 unspecified atom stereocenters. The lowest BCUT2D eigenvalue weighted by Gasteiger charge is -2.45. The van der Waals surface area contributed by atoms with Crippen molar-refractivity contribution in [2.24, 2.45) is 16.8 Å². The quantitative estimate of drug-likeness (QED) is 0.622. The molecule has 4 heterocycles. The van der Waals surface area contributed by atoms with Gasteiger partial charge in [0.05, 0.1) is 16.6 Å². The molecular weight excluding hydrogens is 436 g/mol. The molecule has 1 saturated heterocycles. The van der Waals surface area contributed by atoms with E-state index in [9.17, 15) is 9.59 Å². The van der Waals surface area contributed by atoms with Crippen molar-refractivity contribution < 1.29 is 9.53 Å². The normalized spacial score (nSPS) is 30.2. The monoisotopic (exact) mass is 460 g/mol. The third-order valence-corrected chi connectivity index (χ3v) is 7.87. The van der Waals surface area contributed by atoms with Gasteiger partial charge in [-0.15, -0.1) is 0 Å². The Hall–Kier alpha value is -3.07. The van der Waals surface area contributed by atoms with Gasteiger partial charge >= 0.3 is 0 Å². The van der Waals surface area contributed by atoms with Crippen molar-refractivity contribution in [1.82, 2.24) is 15.4 Å². The number of rotatable bonds is 3. The molecule has 6 rings (SSSR count). The van der Waals surface area contributed by atoms with Gasteiger partial charge < -0.3 is 4.74 Å². The molecule has 33 heavy (non-hydrogen) atoms. The first-order valence-corrected chi connectivity index (χ1v) is 11.9. The van der Waals surface area contributed by atoms with Crippen LogP contribution in [0.4, 0.5) is 0 Å². The highest BCUT2D eigenvalue weighted by molar-refractivity contribution is 7.07. The van der Waals surface area contributed by atoms with Gasteiger partial charge in [0.2, 0.25) is 5.72 Å². The van der Waals surface area contributed by atoms with Crippen molar-refractivity contribution in [3.05, 3.63) is 85.4 Å².